The number of nitrogens with two attached hydrogens (primary N) is 1. The number of hydrogen-bond acceptors (Lipinski definition) is 6. The second kappa shape index (κ2) is 9.44. The molecule has 8 nitrogen and oxygen atoms in total. The first kappa shape index (κ1) is 23.0. The van der Waals surface area contributed by atoms with Crippen LogP contribution in [-0.2, 0) is 9.59 Å². The Morgan fingerprint density at radius 1 is 1.03 bits per heavy atom. The lowest BCUT2D eigenvalue weighted by atomic mass is 9.80. The first-order valence-electron chi connectivity index (χ1n) is 12.2. The van der Waals surface area contributed by atoms with E-state index >= 15 is 0 Å². The zero-order chi connectivity index (χ0) is 24.4. The molecular weight excluding hydrogens is 444 g/mol. The number of furan rings is 1. The minimum Gasteiger partial charge on any atom is -0.451 e. The standard InChI is InChI=1S/C27H30N4O4/c28-19-9-3-4-10-21(19)31-15-12-20(22(32)17-31)29-26(34)27(13-6-1-7-14-27)30-25(33)24-16-18-8-2-5-11-23(18)35-24/h2-5,8-11,16,20H,1,6-7,12-15,17,28H2,(H,29,34)(H,30,33). The third kappa shape index (κ3) is 4.60. The van der Waals surface area contributed by atoms with Gasteiger partial charge in [-0.05, 0) is 43.5 Å². The van der Waals surface area contributed by atoms with Crippen molar-refractivity contribution in [3.63, 3.8) is 0 Å². The highest BCUT2D eigenvalue weighted by Gasteiger charge is 2.43. The first-order valence-corrected chi connectivity index (χ1v) is 12.2. The fourth-order valence-electron chi connectivity index (χ4n) is 5.19. The molecule has 0 spiro atoms. The van der Waals surface area contributed by atoms with Crippen molar-refractivity contribution in [2.45, 2.75) is 50.1 Å². The molecule has 1 atom stereocenters. The topological polar surface area (TPSA) is 118 Å². The summed E-state index contributed by atoms with van der Waals surface area (Å²) in [5.74, 6) is -0.608. The van der Waals surface area contributed by atoms with Gasteiger partial charge in [0, 0.05) is 11.9 Å². The number of fused-ring (bicyclic) bond motifs is 1. The van der Waals surface area contributed by atoms with Crippen molar-refractivity contribution in [1.82, 2.24) is 10.6 Å². The third-order valence-corrected chi connectivity index (χ3v) is 7.15. The molecule has 182 valence electrons. The van der Waals surface area contributed by atoms with Crippen molar-refractivity contribution < 1.29 is 18.8 Å². The van der Waals surface area contributed by atoms with Crippen molar-refractivity contribution in [2.24, 2.45) is 0 Å². The maximum atomic E-state index is 13.5. The molecule has 1 aromatic heterocycles. The van der Waals surface area contributed by atoms with Gasteiger partial charge in [0.15, 0.2) is 11.5 Å². The molecule has 35 heavy (non-hydrogen) atoms. The van der Waals surface area contributed by atoms with E-state index < -0.39 is 17.5 Å². The lowest BCUT2D eigenvalue weighted by Crippen LogP contribution is -2.63. The minimum atomic E-state index is -1.06. The van der Waals surface area contributed by atoms with Crippen LogP contribution < -0.4 is 21.3 Å². The smallest absolute Gasteiger partial charge is 0.287 e. The molecule has 8 heteroatoms. The van der Waals surface area contributed by atoms with E-state index in [1.807, 2.05) is 47.4 Å². The summed E-state index contributed by atoms with van der Waals surface area (Å²) in [6.07, 6.45) is 4.19. The van der Waals surface area contributed by atoms with E-state index in [-0.39, 0.29) is 24.0 Å². The lowest BCUT2D eigenvalue weighted by molar-refractivity contribution is -0.133. The van der Waals surface area contributed by atoms with Gasteiger partial charge in [0.05, 0.1) is 24.0 Å². The number of rotatable bonds is 5. The monoisotopic (exact) mass is 474 g/mol. The Balaban J connectivity index is 1.29. The highest BCUT2D eigenvalue weighted by Crippen LogP contribution is 2.31. The number of para-hydroxylation sites is 3. The van der Waals surface area contributed by atoms with Crippen molar-refractivity contribution >= 4 is 39.9 Å². The van der Waals surface area contributed by atoms with Crippen LogP contribution in [0.2, 0.25) is 0 Å². The number of anilines is 2. The maximum absolute atomic E-state index is 13.5. The summed E-state index contributed by atoms with van der Waals surface area (Å²) in [6.45, 7) is 0.779. The number of benzene rings is 2. The number of hydrogen-bond donors (Lipinski definition) is 3. The van der Waals surface area contributed by atoms with Gasteiger partial charge in [-0.1, -0.05) is 49.6 Å². The number of piperidine rings is 1. The van der Waals surface area contributed by atoms with Crippen LogP contribution in [0.4, 0.5) is 11.4 Å². The second-order valence-electron chi connectivity index (χ2n) is 9.51. The molecule has 1 saturated carbocycles. The molecule has 2 aliphatic rings. The van der Waals surface area contributed by atoms with Crippen LogP contribution in [0, 0.1) is 0 Å². The summed E-state index contributed by atoms with van der Waals surface area (Å²) >= 11 is 0. The Bertz CT molecular complexity index is 1230. The molecule has 2 heterocycles. The van der Waals surface area contributed by atoms with E-state index in [0.29, 0.717) is 37.1 Å². The zero-order valence-corrected chi connectivity index (χ0v) is 19.6. The molecule has 4 N–H and O–H groups in total. The predicted molar refractivity (Wildman–Crippen MR) is 134 cm³/mol. The number of Topliss-reactive ketones (excluding diaryl/α,β-unsaturated/α-hetero) is 1. The highest BCUT2D eigenvalue weighted by atomic mass is 16.3. The van der Waals surface area contributed by atoms with E-state index in [0.717, 1.165) is 30.3 Å². The van der Waals surface area contributed by atoms with Crippen LogP contribution in [0.15, 0.2) is 59.0 Å². The van der Waals surface area contributed by atoms with Crippen LogP contribution in [0.3, 0.4) is 0 Å². The van der Waals surface area contributed by atoms with Gasteiger partial charge in [0.2, 0.25) is 5.91 Å². The summed E-state index contributed by atoms with van der Waals surface area (Å²) in [6, 6.07) is 16.0. The van der Waals surface area contributed by atoms with E-state index in [9.17, 15) is 14.4 Å². The Morgan fingerprint density at radius 3 is 2.51 bits per heavy atom. The minimum absolute atomic E-state index is 0.0672. The number of nitrogens with zero attached hydrogens (tertiary/aromatic N) is 1. The van der Waals surface area contributed by atoms with Gasteiger partial charge in [-0.2, -0.15) is 0 Å². The quantitative estimate of drug-likeness (QED) is 0.488. The average molecular weight is 475 g/mol. The number of carbonyl (C=O) groups excluding carboxylic acids is 3. The number of ketones is 1. The fraction of sp³-hybridized carbons (Fsp3) is 0.370. The SMILES string of the molecule is Nc1ccccc1N1CCC(NC(=O)C2(NC(=O)c3cc4ccccc4o3)CCCCC2)C(=O)C1. The van der Waals surface area contributed by atoms with E-state index in [4.69, 9.17) is 10.2 Å². The molecule has 1 unspecified atom stereocenters. The van der Waals surface area contributed by atoms with Gasteiger partial charge in [-0.25, -0.2) is 0 Å². The molecule has 0 radical (unpaired) electrons. The van der Waals surface area contributed by atoms with Gasteiger partial charge in [0.1, 0.15) is 11.1 Å². The number of nitrogen functional groups attached to an aromatic ring is 1. The molecule has 2 aromatic carbocycles. The van der Waals surface area contributed by atoms with Crippen LogP contribution in [-0.4, -0.2) is 42.3 Å². The Labute approximate surface area is 203 Å². The predicted octanol–water partition coefficient (Wildman–Crippen LogP) is 3.41. The Hall–Kier alpha value is -3.81. The van der Waals surface area contributed by atoms with Crippen LogP contribution in [0.5, 0.6) is 0 Å². The zero-order valence-electron chi connectivity index (χ0n) is 19.6. The molecule has 2 amide bonds. The second-order valence-corrected chi connectivity index (χ2v) is 9.51. The van der Waals surface area contributed by atoms with Crippen LogP contribution in [0.1, 0.15) is 49.1 Å². The maximum Gasteiger partial charge on any atom is 0.287 e. The molecular formula is C27H30N4O4. The molecule has 1 aliphatic heterocycles. The van der Waals surface area contributed by atoms with Gasteiger partial charge < -0.3 is 25.7 Å². The molecule has 0 bridgehead atoms. The average Bonchev–Trinajstić information content (AvgIpc) is 3.31. The summed E-state index contributed by atoms with van der Waals surface area (Å²) < 4.78 is 5.71. The summed E-state index contributed by atoms with van der Waals surface area (Å²) in [4.78, 5) is 41.5. The largest absolute Gasteiger partial charge is 0.451 e. The molecule has 1 saturated heterocycles. The number of amides is 2. The summed E-state index contributed by atoms with van der Waals surface area (Å²) in [7, 11) is 0. The van der Waals surface area contributed by atoms with Gasteiger partial charge in [-0.3, -0.25) is 14.4 Å². The highest BCUT2D eigenvalue weighted by molar-refractivity contribution is 6.01. The first-order chi connectivity index (χ1) is 16.9. The van der Waals surface area contributed by atoms with Crippen molar-refractivity contribution in [3.05, 3.63) is 60.4 Å². The lowest BCUT2D eigenvalue weighted by Gasteiger charge is -2.39. The molecule has 2 fully saturated rings. The molecule has 5 rings (SSSR count). The van der Waals surface area contributed by atoms with E-state index in [2.05, 4.69) is 10.6 Å². The van der Waals surface area contributed by atoms with Crippen LogP contribution in [0.25, 0.3) is 11.0 Å². The normalized spacial score (nSPS) is 19.9. The third-order valence-electron chi connectivity index (χ3n) is 7.15. The summed E-state index contributed by atoms with van der Waals surface area (Å²) in [5, 5.41) is 6.76. The summed E-state index contributed by atoms with van der Waals surface area (Å²) in [5.41, 5.74) is 7.09. The van der Waals surface area contributed by atoms with Crippen molar-refractivity contribution in [1.29, 1.82) is 0 Å². The number of carbonyl (C=O) groups is 3. The Morgan fingerprint density at radius 2 is 1.77 bits per heavy atom. The van der Waals surface area contributed by atoms with Gasteiger partial charge in [0.25, 0.3) is 5.91 Å². The number of nitrogens with one attached hydrogen (secondary N) is 2. The van der Waals surface area contributed by atoms with Crippen molar-refractivity contribution in [2.75, 3.05) is 23.7 Å². The molecule has 3 aromatic rings. The van der Waals surface area contributed by atoms with Crippen molar-refractivity contribution in [3.8, 4) is 0 Å². The van der Waals surface area contributed by atoms with Crippen LogP contribution >= 0.6 is 0 Å². The fourth-order valence-corrected chi connectivity index (χ4v) is 5.19. The molecule has 1 aliphatic carbocycles. The Kier molecular flexibility index (Phi) is 6.19. The van der Waals surface area contributed by atoms with E-state index in [1.54, 1.807) is 12.1 Å². The van der Waals surface area contributed by atoms with Gasteiger partial charge in [-0.15, -0.1) is 0 Å². The van der Waals surface area contributed by atoms with Gasteiger partial charge >= 0.3 is 0 Å². The van der Waals surface area contributed by atoms with E-state index in [1.165, 1.54) is 0 Å².